The highest BCUT2D eigenvalue weighted by Crippen LogP contribution is 2.27. The molecular weight excluding hydrogens is 278 g/mol. The molecule has 0 radical (unpaired) electrons. The molecule has 0 amide bonds. The number of hydrogen-bond acceptors (Lipinski definition) is 5. The second-order valence-corrected chi connectivity index (χ2v) is 6.40. The van der Waals surface area contributed by atoms with Crippen molar-refractivity contribution in [1.82, 2.24) is 5.16 Å². The highest BCUT2D eigenvalue weighted by molar-refractivity contribution is 7.92. The second-order valence-electron chi connectivity index (χ2n) is 4.78. The minimum absolute atomic E-state index is 0.0510. The van der Waals surface area contributed by atoms with Crippen molar-refractivity contribution in [2.24, 2.45) is 0 Å². The molecule has 7 heteroatoms. The lowest BCUT2D eigenvalue weighted by Gasteiger charge is -2.12. The summed E-state index contributed by atoms with van der Waals surface area (Å²) in [6, 6.07) is 3.45. The zero-order valence-corrected chi connectivity index (χ0v) is 12.6. The van der Waals surface area contributed by atoms with Crippen molar-refractivity contribution in [1.29, 1.82) is 0 Å². The smallest absolute Gasteiger partial charge is 0.267 e. The quantitative estimate of drug-likeness (QED) is 0.846. The summed E-state index contributed by atoms with van der Waals surface area (Å²) in [7, 11) is -3.77. The molecule has 0 unspecified atom stereocenters. The monoisotopic (exact) mass is 295 g/mol. The fourth-order valence-corrected chi connectivity index (χ4v) is 3.39. The zero-order valence-electron chi connectivity index (χ0n) is 11.8. The molecule has 1 aromatic carbocycles. The number of rotatable bonds is 3. The van der Waals surface area contributed by atoms with E-state index in [1.165, 1.54) is 0 Å². The maximum atomic E-state index is 12.4. The Labute approximate surface area is 118 Å². The maximum Gasteiger partial charge on any atom is 0.267 e. The van der Waals surface area contributed by atoms with Crippen molar-refractivity contribution < 1.29 is 12.9 Å². The molecule has 0 fully saturated rings. The summed E-state index contributed by atoms with van der Waals surface area (Å²) in [6.45, 7) is 6.94. The van der Waals surface area contributed by atoms with Crippen LogP contribution in [0.3, 0.4) is 0 Å². The molecule has 1 aromatic heterocycles. The van der Waals surface area contributed by atoms with E-state index in [1.807, 2.05) is 13.8 Å². The van der Waals surface area contributed by atoms with Crippen molar-refractivity contribution in [2.45, 2.75) is 32.6 Å². The Hall–Kier alpha value is -2.02. The van der Waals surface area contributed by atoms with E-state index in [9.17, 15) is 8.42 Å². The van der Waals surface area contributed by atoms with E-state index in [0.29, 0.717) is 17.1 Å². The van der Waals surface area contributed by atoms with E-state index in [0.717, 1.165) is 11.1 Å². The van der Waals surface area contributed by atoms with Crippen molar-refractivity contribution >= 4 is 21.4 Å². The molecule has 0 aliphatic rings. The van der Waals surface area contributed by atoms with Crippen LogP contribution in [0.15, 0.2) is 21.6 Å². The van der Waals surface area contributed by atoms with E-state index < -0.39 is 10.0 Å². The summed E-state index contributed by atoms with van der Waals surface area (Å²) < 4.78 is 32.2. The lowest BCUT2D eigenvalue weighted by Crippen LogP contribution is -2.15. The predicted octanol–water partition coefficient (Wildman–Crippen LogP) is 2.29. The summed E-state index contributed by atoms with van der Waals surface area (Å²) in [4.78, 5) is 0.0510. The van der Waals surface area contributed by atoms with Gasteiger partial charge in [0.15, 0.2) is 10.7 Å². The molecule has 3 N–H and O–H groups in total. The Bertz CT molecular complexity index is 744. The first kappa shape index (κ1) is 14.4. The Morgan fingerprint density at radius 3 is 2.30 bits per heavy atom. The number of anilines is 2. The highest BCUT2D eigenvalue weighted by Gasteiger charge is 2.25. The Kier molecular flexibility index (Phi) is 3.47. The van der Waals surface area contributed by atoms with Crippen LogP contribution in [0.5, 0.6) is 0 Å². The molecule has 0 aliphatic heterocycles. The van der Waals surface area contributed by atoms with Gasteiger partial charge in [-0.2, -0.15) is 0 Å². The third-order valence-corrected chi connectivity index (χ3v) is 4.76. The van der Waals surface area contributed by atoms with Gasteiger partial charge >= 0.3 is 0 Å². The highest BCUT2D eigenvalue weighted by atomic mass is 32.2. The molecule has 0 aliphatic carbocycles. The zero-order chi connectivity index (χ0) is 15.1. The first-order chi connectivity index (χ1) is 9.22. The standard InChI is InChI=1S/C13H17N3O3S/c1-7-5-11(14)12(6-8(7)2)16-20(17,18)13-9(3)15-19-10(13)4/h5-6,16H,14H2,1-4H3. The van der Waals surface area contributed by atoms with Gasteiger partial charge in [0, 0.05) is 0 Å². The molecular formula is C13H17N3O3S. The van der Waals surface area contributed by atoms with Gasteiger partial charge in [-0.15, -0.1) is 0 Å². The van der Waals surface area contributed by atoms with Crippen LogP contribution in [0.25, 0.3) is 0 Å². The van der Waals surface area contributed by atoms with Gasteiger partial charge in [-0.25, -0.2) is 8.42 Å². The normalized spacial score (nSPS) is 11.6. The average molecular weight is 295 g/mol. The van der Waals surface area contributed by atoms with Crippen LogP contribution >= 0.6 is 0 Å². The molecule has 1 heterocycles. The molecule has 0 atom stereocenters. The SMILES string of the molecule is Cc1cc(N)c(NS(=O)(=O)c2c(C)noc2C)cc1C. The van der Waals surface area contributed by atoms with E-state index >= 15 is 0 Å². The van der Waals surface area contributed by atoms with Gasteiger partial charge in [0.1, 0.15) is 5.69 Å². The lowest BCUT2D eigenvalue weighted by molar-refractivity contribution is 0.390. The molecule has 6 nitrogen and oxygen atoms in total. The minimum atomic E-state index is -3.77. The fourth-order valence-electron chi connectivity index (χ4n) is 1.98. The van der Waals surface area contributed by atoms with Gasteiger partial charge < -0.3 is 10.3 Å². The van der Waals surface area contributed by atoms with Crippen molar-refractivity contribution in [3.63, 3.8) is 0 Å². The molecule has 108 valence electrons. The molecule has 0 saturated carbocycles. The summed E-state index contributed by atoms with van der Waals surface area (Å²) in [5.41, 5.74) is 8.87. The van der Waals surface area contributed by atoms with Gasteiger partial charge in [-0.05, 0) is 51.0 Å². The number of benzene rings is 1. The molecule has 2 rings (SSSR count). The van der Waals surface area contributed by atoms with Crippen LogP contribution in [-0.4, -0.2) is 13.6 Å². The first-order valence-electron chi connectivity index (χ1n) is 6.05. The lowest BCUT2D eigenvalue weighted by atomic mass is 10.1. The number of hydrogen-bond donors (Lipinski definition) is 2. The molecule has 20 heavy (non-hydrogen) atoms. The summed E-state index contributed by atoms with van der Waals surface area (Å²) in [5, 5.41) is 3.65. The minimum Gasteiger partial charge on any atom is -0.397 e. The number of aromatic nitrogens is 1. The van der Waals surface area contributed by atoms with E-state index in [4.69, 9.17) is 10.3 Å². The van der Waals surface area contributed by atoms with Crippen molar-refractivity contribution in [3.05, 3.63) is 34.7 Å². The van der Waals surface area contributed by atoms with Crippen LogP contribution < -0.4 is 10.5 Å². The molecule has 0 bridgehead atoms. The van der Waals surface area contributed by atoms with Crippen LogP contribution in [0.1, 0.15) is 22.6 Å². The third kappa shape index (κ3) is 2.49. The maximum absolute atomic E-state index is 12.4. The number of nitrogens with zero attached hydrogens (tertiary/aromatic N) is 1. The summed E-state index contributed by atoms with van der Waals surface area (Å²) >= 11 is 0. The Balaban J connectivity index is 2.47. The van der Waals surface area contributed by atoms with Gasteiger partial charge in [0.25, 0.3) is 10.0 Å². The number of nitrogens with one attached hydrogen (secondary N) is 1. The largest absolute Gasteiger partial charge is 0.397 e. The Morgan fingerprint density at radius 1 is 1.15 bits per heavy atom. The Morgan fingerprint density at radius 2 is 1.75 bits per heavy atom. The summed E-state index contributed by atoms with van der Waals surface area (Å²) in [5.74, 6) is 0.248. The number of nitrogens with two attached hydrogens (primary N) is 1. The number of nitrogen functional groups attached to an aromatic ring is 1. The van der Waals surface area contributed by atoms with E-state index in [2.05, 4.69) is 9.88 Å². The van der Waals surface area contributed by atoms with Gasteiger partial charge in [-0.3, -0.25) is 4.72 Å². The fraction of sp³-hybridized carbons (Fsp3) is 0.308. The summed E-state index contributed by atoms with van der Waals surface area (Å²) in [6.07, 6.45) is 0. The van der Waals surface area contributed by atoms with Crippen molar-refractivity contribution in [2.75, 3.05) is 10.5 Å². The van der Waals surface area contributed by atoms with Crippen LogP contribution in [0.2, 0.25) is 0 Å². The number of aryl methyl sites for hydroxylation is 4. The van der Waals surface area contributed by atoms with Crippen molar-refractivity contribution in [3.8, 4) is 0 Å². The second kappa shape index (κ2) is 4.82. The van der Waals surface area contributed by atoms with Gasteiger partial charge in [-0.1, -0.05) is 5.16 Å². The van der Waals surface area contributed by atoms with Crippen LogP contribution in [-0.2, 0) is 10.0 Å². The molecule has 0 spiro atoms. The third-order valence-electron chi connectivity index (χ3n) is 3.15. The van der Waals surface area contributed by atoms with Crippen LogP contribution in [0.4, 0.5) is 11.4 Å². The predicted molar refractivity (Wildman–Crippen MR) is 77.1 cm³/mol. The van der Waals surface area contributed by atoms with Crippen LogP contribution in [0, 0.1) is 27.7 Å². The molecule has 0 saturated heterocycles. The van der Waals surface area contributed by atoms with Gasteiger partial charge in [0.2, 0.25) is 0 Å². The van der Waals surface area contributed by atoms with E-state index in [1.54, 1.807) is 26.0 Å². The molecule has 2 aromatic rings. The van der Waals surface area contributed by atoms with Gasteiger partial charge in [0.05, 0.1) is 11.4 Å². The average Bonchev–Trinajstić information content (AvgIpc) is 2.66. The first-order valence-corrected chi connectivity index (χ1v) is 7.53. The topological polar surface area (TPSA) is 98.2 Å². The van der Waals surface area contributed by atoms with E-state index in [-0.39, 0.29) is 10.7 Å². The number of sulfonamides is 1.